The van der Waals surface area contributed by atoms with Crippen LogP contribution in [0.5, 0.6) is 0 Å². The van der Waals surface area contributed by atoms with Crippen LogP contribution in [0.25, 0.3) is 10.8 Å². The minimum absolute atomic E-state index is 0.0571. The Hall–Kier alpha value is -2.84. The number of benzene rings is 3. The Morgan fingerprint density at radius 1 is 0.828 bits per heavy atom. The van der Waals surface area contributed by atoms with Gasteiger partial charge in [0.1, 0.15) is 10.7 Å². The number of carbonyl (C=O) groups is 1. The molecule has 8 heteroatoms. The lowest BCUT2D eigenvalue weighted by Gasteiger charge is -2.34. The van der Waals surface area contributed by atoms with E-state index in [0.29, 0.717) is 10.9 Å². The predicted octanol–water partition coefficient (Wildman–Crippen LogP) is 3.26. The van der Waals surface area contributed by atoms with Gasteiger partial charge in [0.25, 0.3) is 5.91 Å². The van der Waals surface area contributed by atoms with E-state index in [2.05, 4.69) is 0 Å². The number of sulfonamides is 1. The van der Waals surface area contributed by atoms with E-state index in [4.69, 9.17) is 0 Å². The zero-order valence-corrected chi connectivity index (χ0v) is 16.2. The Balaban J connectivity index is 1.53. The van der Waals surface area contributed by atoms with Crippen LogP contribution >= 0.6 is 0 Å². The molecule has 0 spiro atoms. The van der Waals surface area contributed by atoms with Crippen LogP contribution in [0.2, 0.25) is 0 Å². The molecule has 0 bridgehead atoms. The molecule has 5 nitrogen and oxygen atoms in total. The summed E-state index contributed by atoms with van der Waals surface area (Å²) in [7, 11) is -4.03. The summed E-state index contributed by atoms with van der Waals surface area (Å²) >= 11 is 0. The standard InChI is InChI=1S/C21H18F2N2O3S/c22-17-8-5-16(6-9-17)21(26)24-11-13-25(14-12-24)29(27,28)19-10-7-15-3-1-2-4-18(15)20(19)23/h1-10H,11-14H2. The molecule has 0 N–H and O–H groups in total. The fraction of sp³-hybridized carbons (Fsp3) is 0.190. The molecular weight excluding hydrogens is 398 g/mol. The monoisotopic (exact) mass is 416 g/mol. The minimum atomic E-state index is -4.03. The lowest BCUT2D eigenvalue weighted by atomic mass is 10.1. The molecule has 1 fully saturated rings. The molecule has 1 amide bonds. The zero-order chi connectivity index (χ0) is 20.6. The molecule has 1 aliphatic heterocycles. The molecule has 1 aliphatic rings. The molecule has 0 aliphatic carbocycles. The first-order valence-electron chi connectivity index (χ1n) is 9.10. The summed E-state index contributed by atoms with van der Waals surface area (Å²) in [5.41, 5.74) is 0.336. The zero-order valence-electron chi connectivity index (χ0n) is 15.4. The lowest BCUT2D eigenvalue weighted by molar-refractivity contribution is 0.0697. The van der Waals surface area contributed by atoms with Crippen molar-refractivity contribution >= 4 is 26.7 Å². The highest BCUT2D eigenvalue weighted by Crippen LogP contribution is 2.27. The van der Waals surface area contributed by atoms with E-state index >= 15 is 0 Å². The van der Waals surface area contributed by atoms with E-state index in [1.165, 1.54) is 39.5 Å². The summed E-state index contributed by atoms with van der Waals surface area (Å²) in [6.07, 6.45) is 0. The molecule has 0 radical (unpaired) electrons. The molecule has 0 saturated carbocycles. The van der Waals surface area contributed by atoms with Gasteiger partial charge in [-0.1, -0.05) is 30.3 Å². The van der Waals surface area contributed by atoms with Gasteiger partial charge in [0.05, 0.1) is 0 Å². The van der Waals surface area contributed by atoms with Gasteiger partial charge in [-0.05, 0) is 35.7 Å². The van der Waals surface area contributed by atoms with E-state index in [-0.39, 0.29) is 42.4 Å². The second-order valence-corrected chi connectivity index (χ2v) is 8.71. The smallest absolute Gasteiger partial charge is 0.253 e. The van der Waals surface area contributed by atoms with Crippen LogP contribution in [-0.2, 0) is 10.0 Å². The maximum absolute atomic E-state index is 14.9. The average Bonchev–Trinajstić information content (AvgIpc) is 2.74. The number of fused-ring (bicyclic) bond motifs is 1. The number of amides is 1. The van der Waals surface area contributed by atoms with Crippen LogP contribution in [0.3, 0.4) is 0 Å². The first-order valence-corrected chi connectivity index (χ1v) is 10.5. The van der Waals surface area contributed by atoms with Gasteiger partial charge < -0.3 is 4.90 Å². The summed E-state index contributed by atoms with van der Waals surface area (Å²) in [6, 6.07) is 14.7. The summed E-state index contributed by atoms with van der Waals surface area (Å²) in [5, 5.41) is 0.873. The molecule has 0 unspecified atom stereocenters. The maximum Gasteiger partial charge on any atom is 0.253 e. The van der Waals surface area contributed by atoms with Crippen LogP contribution in [0, 0.1) is 11.6 Å². The molecule has 150 valence electrons. The number of carbonyl (C=O) groups excluding carboxylic acids is 1. The quantitative estimate of drug-likeness (QED) is 0.659. The molecule has 0 aromatic heterocycles. The van der Waals surface area contributed by atoms with Crippen molar-refractivity contribution < 1.29 is 22.0 Å². The third-order valence-corrected chi connectivity index (χ3v) is 6.98. The average molecular weight is 416 g/mol. The SMILES string of the molecule is O=C(c1ccc(F)cc1)N1CCN(S(=O)(=O)c2ccc3ccccc3c2F)CC1. The molecular formula is C21H18F2N2O3S. The van der Waals surface area contributed by atoms with Gasteiger partial charge in [-0.15, -0.1) is 0 Å². The van der Waals surface area contributed by atoms with E-state index in [1.54, 1.807) is 30.3 Å². The fourth-order valence-electron chi connectivity index (χ4n) is 3.46. The van der Waals surface area contributed by atoms with Gasteiger partial charge in [-0.2, -0.15) is 4.31 Å². The van der Waals surface area contributed by atoms with Crippen molar-refractivity contribution in [2.45, 2.75) is 4.90 Å². The first-order chi connectivity index (χ1) is 13.9. The van der Waals surface area contributed by atoms with Crippen LogP contribution in [0.4, 0.5) is 8.78 Å². The predicted molar refractivity (Wildman–Crippen MR) is 105 cm³/mol. The fourth-order valence-corrected chi connectivity index (χ4v) is 4.96. The highest BCUT2D eigenvalue weighted by molar-refractivity contribution is 7.89. The Labute approximate surface area is 167 Å². The van der Waals surface area contributed by atoms with E-state index in [9.17, 15) is 22.0 Å². The van der Waals surface area contributed by atoms with Crippen LogP contribution in [-0.4, -0.2) is 49.7 Å². The maximum atomic E-state index is 14.9. The van der Waals surface area contributed by atoms with Gasteiger partial charge in [-0.25, -0.2) is 17.2 Å². The highest BCUT2D eigenvalue weighted by Gasteiger charge is 2.32. The van der Waals surface area contributed by atoms with Crippen molar-refractivity contribution in [3.05, 3.63) is 77.9 Å². The van der Waals surface area contributed by atoms with Crippen molar-refractivity contribution in [1.29, 1.82) is 0 Å². The lowest BCUT2D eigenvalue weighted by Crippen LogP contribution is -2.50. The number of nitrogens with zero attached hydrogens (tertiary/aromatic N) is 2. The summed E-state index contributed by atoms with van der Waals surface area (Å²) in [4.78, 5) is 13.7. The minimum Gasteiger partial charge on any atom is -0.336 e. The van der Waals surface area contributed by atoms with Crippen LogP contribution < -0.4 is 0 Å². The van der Waals surface area contributed by atoms with E-state index in [0.717, 1.165) is 0 Å². The first kappa shape index (κ1) is 19.5. The van der Waals surface area contributed by atoms with Gasteiger partial charge in [0.15, 0.2) is 5.82 Å². The van der Waals surface area contributed by atoms with Crippen molar-refractivity contribution in [1.82, 2.24) is 9.21 Å². The van der Waals surface area contributed by atoms with Crippen molar-refractivity contribution in [3.63, 3.8) is 0 Å². The third kappa shape index (κ3) is 3.61. The van der Waals surface area contributed by atoms with Gasteiger partial charge in [0, 0.05) is 37.1 Å². The Morgan fingerprint density at radius 3 is 2.17 bits per heavy atom. The molecule has 1 saturated heterocycles. The Bertz CT molecular complexity index is 1170. The van der Waals surface area contributed by atoms with E-state index in [1.807, 2.05) is 0 Å². The van der Waals surface area contributed by atoms with Crippen LogP contribution in [0.15, 0.2) is 65.6 Å². The molecule has 0 atom stereocenters. The second kappa shape index (κ2) is 7.53. The van der Waals surface area contributed by atoms with Gasteiger partial charge in [0.2, 0.25) is 10.0 Å². The molecule has 29 heavy (non-hydrogen) atoms. The largest absolute Gasteiger partial charge is 0.336 e. The number of rotatable bonds is 3. The summed E-state index contributed by atoms with van der Waals surface area (Å²) < 4.78 is 55.1. The number of piperazine rings is 1. The summed E-state index contributed by atoms with van der Waals surface area (Å²) in [6.45, 7) is 0.457. The topological polar surface area (TPSA) is 57.7 Å². The van der Waals surface area contributed by atoms with Crippen LogP contribution in [0.1, 0.15) is 10.4 Å². The second-order valence-electron chi connectivity index (χ2n) is 6.80. The number of halogens is 2. The Morgan fingerprint density at radius 2 is 1.48 bits per heavy atom. The normalized spacial score (nSPS) is 15.6. The third-order valence-electron chi connectivity index (χ3n) is 5.06. The number of hydrogen-bond acceptors (Lipinski definition) is 3. The number of hydrogen-bond donors (Lipinski definition) is 0. The molecule has 3 aromatic carbocycles. The summed E-state index contributed by atoms with van der Waals surface area (Å²) in [5.74, 6) is -1.50. The molecule has 3 aromatic rings. The van der Waals surface area contributed by atoms with Crippen molar-refractivity contribution in [2.75, 3.05) is 26.2 Å². The van der Waals surface area contributed by atoms with E-state index < -0.39 is 21.7 Å². The van der Waals surface area contributed by atoms with Gasteiger partial charge >= 0.3 is 0 Å². The highest BCUT2D eigenvalue weighted by atomic mass is 32.2. The van der Waals surface area contributed by atoms with Gasteiger partial charge in [-0.3, -0.25) is 4.79 Å². The Kier molecular flexibility index (Phi) is 5.06. The molecule has 4 rings (SSSR count). The van der Waals surface area contributed by atoms with Crippen molar-refractivity contribution in [3.8, 4) is 0 Å². The molecule has 1 heterocycles. The van der Waals surface area contributed by atoms with Crippen molar-refractivity contribution in [2.24, 2.45) is 0 Å².